The lowest BCUT2D eigenvalue weighted by molar-refractivity contribution is -0.140. The van der Waals surface area contributed by atoms with Gasteiger partial charge >= 0.3 is 12.0 Å². The van der Waals surface area contributed by atoms with Crippen molar-refractivity contribution in [2.24, 2.45) is 0 Å². The number of carbonyl (C=O) groups excluding carboxylic acids is 1. The van der Waals surface area contributed by atoms with E-state index in [0.717, 1.165) is 10.7 Å². The third kappa shape index (κ3) is 3.19. The molecule has 1 aromatic heterocycles. The summed E-state index contributed by atoms with van der Waals surface area (Å²) < 4.78 is 0. The largest absolute Gasteiger partial charge is 0.480 e. The van der Waals surface area contributed by atoms with Crippen LogP contribution < -0.4 is 5.32 Å². The highest BCUT2D eigenvalue weighted by Gasteiger charge is 2.35. The number of amides is 2. The number of aryl methyl sites for hydroxylation is 1. The van der Waals surface area contributed by atoms with Crippen molar-refractivity contribution in [1.29, 1.82) is 0 Å². The molecule has 0 aromatic carbocycles. The van der Waals surface area contributed by atoms with Gasteiger partial charge in [-0.3, -0.25) is 0 Å². The van der Waals surface area contributed by atoms with Crippen LogP contribution in [0.5, 0.6) is 0 Å². The maximum atomic E-state index is 12.1. The number of aromatic nitrogens is 1. The molecular weight excluding hydrogens is 286 g/mol. The predicted molar refractivity (Wildman–Crippen MR) is 74.4 cm³/mol. The first-order valence-electron chi connectivity index (χ1n) is 5.78. The lowest BCUT2D eigenvalue weighted by Crippen LogP contribution is -2.47. The molecule has 2 atom stereocenters. The molecule has 0 saturated carbocycles. The van der Waals surface area contributed by atoms with Gasteiger partial charge in [-0.2, -0.15) is 0 Å². The van der Waals surface area contributed by atoms with Crippen LogP contribution in [-0.4, -0.2) is 44.7 Å². The summed E-state index contributed by atoms with van der Waals surface area (Å²) in [6.45, 7) is 3.74. The second-order valence-electron chi connectivity index (χ2n) is 4.32. The third-order valence-corrected chi connectivity index (χ3v) is 4.93. The maximum Gasteiger partial charge on any atom is 0.327 e. The molecule has 2 rings (SSSR count). The summed E-state index contributed by atoms with van der Waals surface area (Å²) >= 11 is 2.93. The molecule has 8 heteroatoms. The van der Waals surface area contributed by atoms with Crippen LogP contribution in [0.1, 0.15) is 23.7 Å². The summed E-state index contributed by atoms with van der Waals surface area (Å²) in [5, 5.41) is 14.6. The number of urea groups is 1. The van der Waals surface area contributed by atoms with Gasteiger partial charge in [0.2, 0.25) is 0 Å². The highest BCUT2D eigenvalue weighted by Crippen LogP contribution is 2.23. The Morgan fingerprint density at radius 2 is 2.37 bits per heavy atom. The minimum atomic E-state index is -0.960. The molecule has 2 N–H and O–H groups in total. The number of aliphatic carboxylic acids is 1. The molecule has 2 unspecified atom stereocenters. The predicted octanol–water partition coefficient (Wildman–Crippen LogP) is 1.68. The Bertz CT molecular complexity index is 491. The zero-order chi connectivity index (χ0) is 14.0. The number of nitrogens with zero attached hydrogens (tertiary/aromatic N) is 2. The lowest BCUT2D eigenvalue weighted by Gasteiger charge is -2.22. The Labute approximate surface area is 119 Å². The van der Waals surface area contributed by atoms with Crippen molar-refractivity contribution >= 4 is 35.1 Å². The van der Waals surface area contributed by atoms with Gasteiger partial charge in [0.15, 0.2) is 0 Å². The molecule has 2 amide bonds. The second-order valence-corrected chi connectivity index (χ2v) is 6.21. The van der Waals surface area contributed by atoms with Gasteiger partial charge in [-0.15, -0.1) is 23.1 Å². The number of thiazole rings is 1. The molecule has 1 aliphatic heterocycles. The summed E-state index contributed by atoms with van der Waals surface area (Å²) in [5.74, 6) is -0.113. The Hall–Kier alpha value is -1.28. The average molecular weight is 301 g/mol. The van der Waals surface area contributed by atoms with Gasteiger partial charge < -0.3 is 15.3 Å². The van der Waals surface area contributed by atoms with Gasteiger partial charge in [0.1, 0.15) is 11.0 Å². The quantitative estimate of drug-likeness (QED) is 0.887. The highest BCUT2D eigenvalue weighted by molar-refractivity contribution is 7.99. The Morgan fingerprint density at radius 3 is 2.95 bits per heavy atom. The number of carbonyl (C=O) groups is 2. The number of nitrogens with one attached hydrogen (secondary N) is 1. The molecule has 1 fully saturated rings. The van der Waals surface area contributed by atoms with E-state index < -0.39 is 12.0 Å². The van der Waals surface area contributed by atoms with Crippen LogP contribution in [0.2, 0.25) is 0 Å². The number of rotatable bonds is 3. The van der Waals surface area contributed by atoms with E-state index in [2.05, 4.69) is 10.3 Å². The van der Waals surface area contributed by atoms with Crippen molar-refractivity contribution in [3.05, 3.63) is 16.1 Å². The molecule has 0 spiro atoms. The fourth-order valence-corrected chi connectivity index (χ4v) is 3.70. The van der Waals surface area contributed by atoms with Crippen molar-refractivity contribution in [1.82, 2.24) is 15.2 Å². The van der Waals surface area contributed by atoms with E-state index in [1.165, 1.54) is 28.0 Å². The van der Waals surface area contributed by atoms with Crippen LogP contribution in [0.4, 0.5) is 4.79 Å². The molecular formula is C11H15N3O3S2. The van der Waals surface area contributed by atoms with Gasteiger partial charge in [0.05, 0.1) is 11.9 Å². The van der Waals surface area contributed by atoms with E-state index in [9.17, 15) is 9.59 Å². The molecule has 1 aromatic rings. The highest BCUT2D eigenvalue weighted by atomic mass is 32.2. The van der Waals surface area contributed by atoms with E-state index in [4.69, 9.17) is 5.11 Å². The molecule has 0 bridgehead atoms. The summed E-state index contributed by atoms with van der Waals surface area (Å²) in [6.07, 6.45) is 0. The molecule has 6 nitrogen and oxygen atoms in total. The van der Waals surface area contributed by atoms with Crippen LogP contribution in [0.3, 0.4) is 0 Å². The average Bonchev–Trinajstić information content (AvgIpc) is 2.96. The minimum Gasteiger partial charge on any atom is -0.480 e. The fourth-order valence-electron chi connectivity index (χ4n) is 1.75. The summed E-state index contributed by atoms with van der Waals surface area (Å²) in [4.78, 5) is 28.8. The smallest absolute Gasteiger partial charge is 0.327 e. The van der Waals surface area contributed by atoms with Crippen LogP contribution in [0.25, 0.3) is 0 Å². The number of hydrogen-bond acceptors (Lipinski definition) is 5. The Morgan fingerprint density at radius 1 is 1.63 bits per heavy atom. The Balaban J connectivity index is 1.99. The van der Waals surface area contributed by atoms with Crippen LogP contribution in [-0.2, 0) is 4.79 Å². The first-order valence-corrected chi connectivity index (χ1v) is 7.82. The van der Waals surface area contributed by atoms with Gasteiger partial charge in [0.25, 0.3) is 0 Å². The molecule has 104 valence electrons. The van der Waals surface area contributed by atoms with Crippen LogP contribution in [0.15, 0.2) is 5.38 Å². The summed E-state index contributed by atoms with van der Waals surface area (Å²) in [7, 11) is 0. The van der Waals surface area contributed by atoms with E-state index in [1.54, 1.807) is 0 Å². The Kier molecular flexibility index (Phi) is 4.31. The molecule has 2 heterocycles. The third-order valence-electron chi connectivity index (χ3n) is 2.78. The molecule has 19 heavy (non-hydrogen) atoms. The zero-order valence-electron chi connectivity index (χ0n) is 10.6. The molecule has 1 aliphatic rings. The second kappa shape index (κ2) is 5.79. The normalized spacial score (nSPS) is 20.3. The molecule has 1 saturated heterocycles. The minimum absolute atomic E-state index is 0.216. The van der Waals surface area contributed by atoms with Gasteiger partial charge in [0, 0.05) is 16.8 Å². The number of hydrogen-bond donors (Lipinski definition) is 2. The van der Waals surface area contributed by atoms with Crippen molar-refractivity contribution < 1.29 is 14.7 Å². The van der Waals surface area contributed by atoms with Gasteiger partial charge in [-0.1, -0.05) is 0 Å². The van der Waals surface area contributed by atoms with Crippen molar-refractivity contribution in [2.75, 3.05) is 11.6 Å². The number of carboxylic acid groups (broad SMARTS) is 1. The van der Waals surface area contributed by atoms with E-state index in [-0.39, 0.29) is 12.1 Å². The monoisotopic (exact) mass is 301 g/mol. The van der Waals surface area contributed by atoms with Crippen molar-refractivity contribution in [3.8, 4) is 0 Å². The topological polar surface area (TPSA) is 82.5 Å². The van der Waals surface area contributed by atoms with E-state index in [0.29, 0.717) is 11.6 Å². The number of thioether (sulfide) groups is 1. The van der Waals surface area contributed by atoms with Crippen LogP contribution >= 0.6 is 23.1 Å². The standard InChI is InChI=1S/C11H15N3O3S2/c1-6-3-19-9(12-6)7(2)13-11(17)14-5-18-4-8(14)10(15)16/h3,7-8H,4-5H2,1-2H3,(H,13,17)(H,15,16). The lowest BCUT2D eigenvalue weighted by atomic mass is 10.3. The summed E-state index contributed by atoms with van der Waals surface area (Å²) in [6, 6.07) is -1.31. The van der Waals surface area contributed by atoms with Crippen molar-refractivity contribution in [2.45, 2.75) is 25.9 Å². The maximum absolute atomic E-state index is 12.1. The fraction of sp³-hybridized carbons (Fsp3) is 0.545. The first kappa shape index (κ1) is 14.1. The van der Waals surface area contributed by atoms with Gasteiger partial charge in [-0.25, -0.2) is 14.6 Å². The summed E-state index contributed by atoms with van der Waals surface area (Å²) in [5.41, 5.74) is 0.918. The van der Waals surface area contributed by atoms with Gasteiger partial charge in [-0.05, 0) is 13.8 Å². The zero-order valence-corrected chi connectivity index (χ0v) is 12.3. The first-order chi connectivity index (χ1) is 8.99. The van der Waals surface area contributed by atoms with Crippen LogP contribution in [0, 0.1) is 6.92 Å². The van der Waals surface area contributed by atoms with E-state index >= 15 is 0 Å². The SMILES string of the molecule is Cc1csc(C(C)NC(=O)N2CSCC2C(=O)O)n1. The number of carboxylic acids is 1. The molecule has 0 aliphatic carbocycles. The van der Waals surface area contributed by atoms with Crippen molar-refractivity contribution in [3.63, 3.8) is 0 Å². The molecule has 0 radical (unpaired) electrons. The van der Waals surface area contributed by atoms with E-state index in [1.807, 2.05) is 19.2 Å².